The smallest absolute Gasteiger partial charge is 0.306 e. The second-order valence-electron chi connectivity index (χ2n) is 18.5. The monoisotopic (exact) mass is 849 g/mol. The van der Waals surface area contributed by atoms with E-state index in [-0.39, 0.29) is 31.1 Å². The molecule has 0 radical (unpaired) electrons. The van der Waals surface area contributed by atoms with Gasteiger partial charge >= 0.3 is 17.9 Å². The largest absolute Gasteiger partial charge is 0.462 e. The van der Waals surface area contributed by atoms with E-state index in [1.165, 1.54) is 212 Å². The summed E-state index contributed by atoms with van der Waals surface area (Å²) in [7, 11) is 0. The SMILES string of the molecule is CCCCCCCCCCCCCCCCCCCCC(=O)OC[C@H](COC(=O)CCCCCCCCCCCCCCCC)OC(=O)CCCCCCCCCCCC. The zero-order chi connectivity index (χ0) is 43.7. The first-order valence-corrected chi connectivity index (χ1v) is 27.0. The summed E-state index contributed by atoms with van der Waals surface area (Å²) in [6.45, 7) is 6.68. The summed E-state index contributed by atoms with van der Waals surface area (Å²) in [5.41, 5.74) is 0. The van der Waals surface area contributed by atoms with Crippen LogP contribution in [-0.4, -0.2) is 37.2 Å². The number of ether oxygens (including phenoxy) is 3. The van der Waals surface area contributed by atoms with Crippen LogP contribution >= 0.6 is 0 Å². The molecule has 0 N–H and O–H groups in total. The molecular weight excluding hydrogens is 745 g/mol. The highest BCUT2D eigenvalue weighted by Crippen LogP contribution is 2.17. The summed E-state index contributed by atoms with van der Waals surface area (Å²) in [5.74, 6) is -0.840. The van der Waals surface area contributed by atoms with Crippen LogP contribution in [0.5, 0.6) is 0 Å². The van der Waals surface area contributed by atoms with Gasteiger partial charge in [0.2, 0.25) is 0 Å². The molecule has 0 bridgehead atoms. The Balaban J connectivity index is 4.22. The van der Waals surface area contributed by atoms with Crippen molar-refractivity contribution < 1.29 is 28.6 Å². The van der Waals surface area contributed by atoms with Crippen molar-refractivity contribution in [2.75, 3.05) is 13.2 Å². The predicted octanol–water partition coefficient (Wildman–Crippen LogP) is 17.6. The first-order valence-electron chi connectivity index (χ1n) is 27.0. The molecule has 0 amide bonds. The van der Waals surface area contributed by atoms with Crippen molar-refractivity contribution in [1.29, 1.82) is 0 Å². The van der Waals surface area contributed by atoms with Gasteiger partial charge in [-0.3, -0.25) is 14.4 Å². The first kappa shape index (κ1) is 58.4. The van der Waals surface area contributed by atoms with Gasteiger partial charge in [0, 0.05) is 19.3 Å². The molecule has 0 spiro atoms. The van der Waals surface area contributed by atoms with Gasteiger partial charge in [-0.2, -0.15) is 0 Å². The summed E-state index contributed by atoms with van der Waals surface area (Å²) in [4.78, 5) is 37.9. The Morgan fingerprint density at radius 2 is 0.450 bits per heavy atom. The van der Waals surface area contributed by atoms with E-state index < -0.39 is 6.10 Å². The van der Waals surface area contributed by atoms with Crippen molar-refractivity contribution in [1.82, 2.24) is 0 Å². The molecule has 356 valence electrons. The Bertz CT molecular complexity index is 889. The van der Waals surface area contributed by atoms with Gasteiger partial charge in [0.25, 0.3) is 0 Å². The van der Waals surface area contributed by atoms with E-state index in [2.05, 4.69) is 20.8 Å². The van der Waals surface area contributed by atoms with Crippen LogP contribution in [0, 0.1) is 0 Å². The molecular formula is C54H104O6. The zero-order valence-electron chi connectivity index (χ0n) is 40.8. The van der Waals surface area contributed by atoms with Crippen LogP contribution in [0.4, 0.5) is 0 Å². The quantitative estimate of drug-likeness (QED) is 0.0345. The molecule has 6 heteroatoms. The lowest BCUT2D eigenvalue weighted by Gasteiger charge is -2.18. The van der Waals surface area contributed by atoms with Crippen LogP contribution < -0.4 is 0 Å². The van der Waals surface area contributed by atoms with Gasteiger partial charge in [-0.15, -0.1) is 0 Å². The molecule has 0 aliphatic rings. The molecule has 0 aliphatic carbocycles. The van der Waals surface area contributed by atoms with E-state index in [4.69, 9.17) is 14.2 Å². The summed E-state index contributed by atoms with van der Waals surface area (Å²) < 4.78 is 16.8. The second kappa shape index (κ2) is 50.1. The van der Waals surface area contributed by atoms with Gasteiger partial charge in [-0.05, 0) is 19.3 Å². The maximum atomic E-state index is 12.7. The van der Waals surface area contributed by atoms with Gasteiger partial charge in [0.15, 0.2) is 6.10 Å². The number of rotatable bonds is 50. The Morgan fingerprint density at radius 3 is 0.667 bits per heavy atom. The highest BCUT2D eigenvalue weighted by Gasteiger charge is 2.19. The number of hydrogen-bond acceptors (Lipinski definition) is 6. The molecule has 0 aliphatic heterocycles. The summed E-state index contributed by atoms with van der Waals surface area (Å²) in [6, 6.07) is 0. The number of unbranched alkanes of at least 4 members (excludes halogenated alkanes) is 39. The van der Waals surface area contributed by atoms with Crippen molar-refractivity contribution in [3.63, 3.8) is 0 Å². The van der Waals surface area contributed by atoms with Crippen LogP contribution in [0.15, 0.2) is 0 Å². The van der Waals surface area contributed by atoms with Gasteiger partial charge < -0.3 is 14.2 Å². The van der Waals surface area contributed by atoms with Gasteiger partial charge in [-0.1, -0.05) is 271 Å². The molecule has 0 heterocycles. The van der Waals surface area contributed by atoms with Crippen LogP contribution in [0.3, 0.4) is 0 Å². The van der Waals surface area contributed by atoms with Crippen LogP contribution in [0.2, 0.25) is 0 Å². The molecule has 6 nitrogen and oxygen atoms in total. The summed E-state index contributed by atoms with van der Waals surface area (Å²) in [6.07, 6.45) is 53.8. The normalized spacial score (nSPS) is 11.8. The third-order valence-electron chi connectivity index (χ3n) is 12.4. The fourth-order valence-corrected chi connectivity index (χ4v) is 8.27. The summed E-state index contributed by atoms with van der Waals surface area (Å²) in [5, 5.41) is 0. The Morgan fingerprint density at radius 1 is 0.267 bits per heavy atom. The van der Waals surface area contributed by atoms with Crippen molar-refractivity contribution in [2.24, 2.45) is 0 Å². The summed E-state index contributed by atoms with van der Waals surface area (Å²) >= 11 is 0. The third-order valence-corrected chi connectivity index (χ3v) is 12.4. The fourth-order valence-electron chi connectivity index (χ4n) is 8.27. The average Bonchev–Trinajstić information content (AvgIpc) is 3.24. The van der Waals surface area contributed by atoms with E-state index in [0.29, 0.717) is 19.3 Å². The van der Waals surface area contributed by atoms with Crippen molar-refractivity contribution in [2.45, 2.75) is 316 Å². The fraction of sp³-hybridized carbons (Fsp3) is 0.944. The minimum Gasteiger partial charge on any atom is -0.462 e. The van der Waals surface area contributed by atoms with Gasteiger partial charge in [0.05, 0.1) is 0 Å². The Hall–Kier alpha value is -1.59. The molecule has 0 aromatic rings. The molecule has 60 heavy (non-hydrogen) atoms. The minimum absolute atomic E-state index is 0.0617. The van der Waals surface area contributed by atoms with Crippen LogP contribution in [0.1, 0.15) is 310 Å². The molecule has 0 unspecified atom stereocenters. The molecule has 0 aromatic heterocycles. The maximum Gasteiger partial charge on any atom is 0.306 e. The standard InChI is InChI=1S/C54H104O6/c1-4-7-10-13-16-19-22-24-26-27-28-29-31-33-36-38-41-44-47-53(56)59-50-51(60-54(57)48-45-42-39-34-21-18-15-12-9-6-3)49-58-52(55)46-43-40-37-35-32-30-25-23-20-17-14-11-8-5-2/h51H,4-50H2,1-3H3/t51-/m0/s1. The predicted molar refractivity (Wildman–Crippen MR) is 257 cm³/mol. The first-order chi connectivity index (χ1) is 29.5. The van der Waals surface area contributed by atoms with E-state index >= 15 is 0 Å². The molecule has 1 atom stereocenters. The Labute approximate surface area is 374 Å². The molecule has 0 saturated carbocycles. The lowest BCUT2D eigenvalue weighted by Crippen LogP contribution is -2.30. The zero-order valence-corrected chi connectivity index (χ0v) is 40.8. The van der Waals surface area contributed by atoms with Crippen molar-refractivity contribution in [3.8, 4) is 0 Å². The van der Waals surface area contributed by atoms with Gasteiger partial charge in [-0.25, -0.2) is 0 Å². The number of carbonyl (C=O) groups excluding carboxylic acids is 3. The topological polar surface area (TPSA) is 78.9 Å². The van der Waals surface area contributed by atoms with E-state index in [1.807, 2.05) is 0 Å². The lowest BCUT2D eigenvalue weighted by molar-refractivity contribution is -0.167. The van der Waals surface area contributed by atoms with E-state index in [9.17, 15) is 14.4 Å². The number of carbonyl (C=O) groups is 3. The Kier molecular flexibility index (Phi) is 48.7. The second-order valence-corrected chi connectivity index (χ2v) is 18.5. The minimum atomic E-state index is -0.759. The number of esters is 3. The van der Waals surface area contributed by atoms with E-state index in [0.717, 1.165) is 57.8 Å². The van der Waals surface area contributed by atoms with Crippen molar-refractivity contribution in [3.05, 3.63) is 0 Å². The average molecular weight is 849 g/mol. The third kappa shape index (κ3) is 47.5. The highest BCUT2D eigenvalue weighted by molar-refractivity contribution is 5.71. The highest BCUT2D eigenvalue weighted by atomic mass is 16.6. The number of hydrogen-bond donors (Lipinski definition) is 0. The molecule has 0 aromatic carbocycles. The maximum absolute atomic E-state index is 12.7. The lowest BCUT2D eigenvalue weighted by atomic mass is 10.0. The molecule has 0 fully saturated rings. The van der Waals surface area contributed by atoms with Crippen LogP contribution in [-0.2, 0) is 28.6 Å². The molecule has 0 rings (SSSR count). The van der Waals surface area contributed by atoms with E-state index in [1.54, 1.807) is 0 Å². The van der Waals surface area contributed by atoms with Crippen molar-refractivity contribution >= 4 is 17.9 Å². The van der Waals surface area contributed by atoms with Crippen LogP contribution in [0.25, 0.3) is 0 Å². The molecule has 0 saturated heterocycles. The van der Waals surface area contributed by atoms with Gasteiger partial charge in [0.1, 0.15) is 13.2 Å².